The van der Waals surface area contributed by atoms with Crippen LogP contribution >= 0.6 is 0 Å². The number of rotatable bonds is 7. The summed E-state index contributed by atoms with van der Waals surface area (Å²) in [5.74, 6) is 0.514. The van der Waals surface area contributed by atoms with Crippen molar-refractivity contribution in [2.24, 2.45) is 5.92 Å². The number of likely N-dealkylation sites (tertiary alicyclic amines) is 1. The number of ether oxygens (including phenoxy) is 2. The molecule has 0 aromatic carbocycles. The Balaban J connectivity index is 1.86. The average molecular weight is 284 g/mol. The molecule has 1 unspecified atom stereocenters. The quantitative estimate of drug-likeness (QED) is 0.708. The molecule has 0 aromatic rings. The van der Waals surface area contributed by atoms with E-state index >= 15 is 0 Å². The molecular formula is C15H28N2O3. The standard InChI is InChI=1S/C15H28N2O3/c1-15(14(18)20-3,16-13-4-5-13)11-17-8-6-12(7-9-17)10-19-2/h12-13,16H,4-11H2,1-3H3. The third-order valence-electron chi connectivity index (χ3n) is 4.39. The second kappa shape index (κ2) is 6.87. The molecule has 1 atom stereocenters. The second-order valence-electron chi connectivity index (χ2n) is 6.42. The van der Waals surface area contributed by atoms with Crippen LogP contribution in [0.25, 0.3) is 0 Å². The molecule has 20 heavy (non-hydrogen) atoms. The number of hydrogen-bond donors (Lipinski definition) is 1. The molecule has 1 saturated carbocycles. The molecule has 0 amide bonds. The van der Waals surface area contributed by atoms with E-state index in [0.29, 0.717) is 12.0 Å². The maximum Gasteiger partial charge on any atom is 0.327 e. The van der Waals surface area contributed by atoms with Gasteiger partial charge >= 0.3 is 5.97 Å². The first-order valence-electron chi connectivity index (χ1n) is 7.65. The summed E-state index contributed by atoms with van der Waals surface area (Å²) in [5, 5.41) is 3.46. The fourth-order valence-electron chi connectivity index (χ4n) is 3.07. The third-order valence-corrected chi connectivity index (χ3v) is 4.39. The Morgan fingerprint density at radius 3 is 2.40 bits per heavy atom. The molecule has 1 aliphatic carbocycles. The van der Waals surface area contributed by atoms with E-state index < -0.39 is 5.54 Å². The van der Waals surface area contributed by atoms with Crippen LogP contribution in [0.3, 0.4) is 0 Å². The highest BCUT2D eigenvalue weighted by Crippen LogP contribution is 2.25. The molecule has 0 radical (unpaired) electrons. The lowest BCUT2D eigenvalue weighted by molar-refractivity contribution is -0.149. The zero-order valence-corrected chi connectivity index (χ0v) is 13.0. The zero-order chi connectivity index (χ0) is 14.6. The Morgan fingerprint density at radius 2 is 1.90 bits per heavy atom. The van der Waals surface area contributed by atoms with Crippen molar-refractivity contribution >= 4 is 5.97 Å². The summed E-state index contributed by atoms with van der Waals surface area (Å²) >= 11 is 0. The maximum absolute atomic E-state index is 12.1. The van der Waals surface area contributed by atoms with Crippen LogP contribution in [0.15, 0.2) is 0 Å². The van der Waals surface area contributed by atoms with E-state index in [0.717, 1.165) is 39.1 Å². The highest BCUT2D eigenvalue weighted by molar-refractivity contribution is 5.80. The molecule has 2 aliphatic rings. The number of carbonyl (C=O) groups is 1. The van der Waals surface area contributed by atoms with E-state index in [1.54, 1.807) is 7.11 Å². The first-order valence-corrected chi connectivity index (χ1v) is 7.65. The summed E-state index contributed by atoms with van der Waals surface area (Å²) < 4.78 is 10.2. The lowest BCUT2D eigenvalue weighted by Gasteiger charge is -2.38. The summed E-state index contributed by atoms with van der Waals surface area (Å²) in [6.07, 6.45) is 4.63. The van der Waals surface area contributed by atoms with E-state index in [2.05, 4.69) is 10.2 Å². The fourth-order valence-corrected chi connectivity index (χ4v) is 3.07. The predicted octanol–water partition coefficient (Wildman–Crippen LogP) is 1.03. The van der Waals surface area contributed by atoms with E-state index in [1.807, 2.05) is 6.92 Å². The van der Waals surface area contributed by atoms with E-state index in [-0.39, 0.29) is 5.97 Å². The Hall–Kier alpha value is -0.650. The molecule has 0 spiro atoms. The molecule has 0 aromatic heterocycles. The number of esters is 1. The highest BCUT2D eigenvalue weighted by atomic mass is 16.5. The van der Waals surface area contributed by atoms with Gasteiger partial charge < -0.3 is 14.4 Å². The fraction of sp³-hybridized carbons (Fsp3) is 0.933. The van der Waals surface area contributed by atoms with Gasteiger partial charge in [0.2, 0.25) is 0 Å². The minimum Gasteiger partial charge on any atom is -0.468 e. The van der Waals surface area contributed by atoms with E-state index in [4.69, 9.17) is 9.47 Å². The minimum atomic E-state index is -0.579. The van der Waals surface area contributed by atoms with E-state index in [9.17, 15) is 4.79 Å². The van der Waals surface area contributed by atoms with Crippen molar-refractivity contribution < 1.29 is 14.3 Å². The molecule has 5 nitrogen and oxygen atoms in total. The van der Waals surface area contributed by atoms with Crippen LogP contribution in [-0.4, -0.2) is 62.9 Å². The van der Waals surface area contributed by atoms with Gasteiger partial charge in [-0.15, -0.1) is 0 Å². The molecule has 1 saturated heterocycles. The first kappa shape index (κ1) is 15.7. The molecule has 1 aliphatic heterocycles. The summed E-state index contributed by atoms with van der Waals surface area (Å²) in [4.78, 5) is 14.5. The van der Waals surface area contributed by atoms with Crippen molar-refractivity contribution in [2.45, 2.75) is 44.2 Å². The van der Waals surface area contributed by atoms with Crippen LogP contribution in [0.1, 0.15) is 32.6 Å². The zero-order valence-electron chi connectivity index (χ0n) is 13.0. The van der Waals surface area contributed by atoms with Crippen molar-refractivity contribution in [3.8, 4) is 0 Å². The van der Waals surface area contributed by atoms with Gasteiger partial charge in [-0.2, -0.15) is 0 Å². The van der Waals surface area contributed by atoms with Crippen LogP contribution < -0.4 is 5.32 Å². The van der Waals surface area contributed by atoms with Gasteiger partial charge in [0.15, 0.2) is 0 Å². The van der Waals surface area contributed by atoms with Gasteiger partial charge in [-0.1, -0.05) is 0 Å². The molecule has 5 heteroatoms. The van der Waals surface area contributed by atoms with Gasteiger partial charge in [-0.05, 0) is 51.6 Å². The van der Waals surface area contributed by atoms with Gasteiger partial charge in [0.1, 0.15) is 5.54 Å². The monoisotopic (exact) mass is 284 g/mol. The van der Waals surface area contributed by atoms with Crippen molar-refractivity contribution in [3.05, 3.63) is 0 Å². The SMILES string of the molecule is COCC1CCN(CC(C)(NC2CC2)C(=O)OC)CC1. The summed E-state index contributed by atoms with van der Waals surface area (Å²) in [6.45, 7) is 5.62. The van der Waals surface area contributed by atoms with Crippen LogP contribution in [0, 0.1) is 5.92 Å². The number of carbonyl (C=O) groups excluding carboxylic acids is 1. The smallest absolute Gasteiger partial charge is 0.327 e. The Kier molecular flexibility index (Phi) is 5.41. The molecule has 1 N–H and O–H groups in total. The van der Waals surface area contributed by atoms with Gasteiger partial charge in [-0.25, -0.2) is 0 Å². The van der Waals surface area contributed by atoms with Crippen molar-refractivity contribution in [1.29, 1.82) is 0 Å². The number of methoxy groups -OCH3 is 2. The third kappa shape index (κ3) is 4.17. The molecule has 2 rings (SSSR count). The lowest BCUT2D eigenvalue weighted by atomic mass is 9.95. The minimum absolute atomic E-state index is 0.150. The topological polar surface area (TPSA) is 50.8 Å². The van der Waals surface area contributed by atoms with Gasteiger partial charge in [0.05, 0.1) is 7.11 Å². The number of nitrogens with one attached hydrogen (secondary N) is 1. The molecule has 2 fully saturated rings. The van der Waals surface area contributed by atoms with Crippen LogP contribution in [-0.2, 0) is 14.3 Å². The number of nitrogens with zero attached hydrogens (tertiary/aromatic N) is 1. The first-order chi connectivity index (χ1) is 9.57. The molecular weight excluding hydrogens is 256 g/mol. The highest BCUT2D eigenvalue weighted by Gasteiger charge is 2.41. The molecule has 0 bridgehead atoms. The van der Waals surface area contributed by atoms with Gasteiger partial charge in [0.25, 0.3) is 0 Å². The lowest BCUT2D eigenvalue weighted by Crippen LogP contribution is -2.59. The van der Waals surface area contributed by atoms with Crippen molar-refractivity contribution in [1.82, 2.24) is 10.2 Å². The molecule has 116 valence electrons. The van der Waals surface area contributed by atoms with Gasteiger partial charge in [-0.3, -0.25) is 10.1 Å². The summed E-state index contributed by atoms with van der Waals surface area (Å²) in [6, 6.07) is 0.491. The molecule has 1 heterocycles. The number of piperidine rings is 1. The number of hydrogen-bond acceptors (Lipinski definition) is 5. The van der Waals surface area contributed by atoms with Crippen LogP contribution in [0.5, 0.6) is 0 Å². The largest absolute Gasteiger partial charge is 0.468 e. The van der Waals surface area contributed by atoms with Crippen molar-refractivity contribution in [3.63, 3.8) is 0 Å². The second-order valence-corrected chi connectivity index (χ2v) is 6.42. The van der Waals surface area contributed by atoms with Gasteiger partial charge in [0, 0.05) is 26.3 Å². The summed E-state index contributed by atoms with van der Waals surface area (Å²) in [5.41, 5.74) is -0.579. The predicted molar refractivity (Wildman–Crippen MR) is 77.6 cm³/mol. The Morgan fingerprint density at radius 1 is 1.25 bits per heavy atom. The van der Waals surface area contributed by atoms with Crippen LogP contribution in [0.4, 0.5) is 0 Å². The Labute approximate surface area is 122 Å². The van der Waals surface area contributed by atoms with E-state index in [1.165, 1.54) is 20.0 Å². The Bertz CT molecular complexity index is 325. The normalized spacial score (nSPS) is 24.4. The average Bonchev–Trinajstić information content (AvgIpc) is 3.24. The van der Waals surface area contributed by atoms with Crippen molar-refractivity contribution in [2.75, 3.05) is 40.5 Å². The van der Waals surface area contributed by atoms with Crippen LogP contribution in [0.2, 0.25) is 0 Å². The summed E-state index contributed by atoms with van der Waals surface area (Å²) in [7, 11) is 3.24. The maximum atomic E-state index is 12.1.